The van der Waals surface area contributed by atoms with E-state index in [-0.39, 0.29) is 23.1 Å². The molecule has 1 aromatic heterocycles. The highest BCUT2D eigenvalue weighted by Crippen LogP contribution is 2.33. The van der Waals surface area contributed by atoms with Crippen molar-refractivity contribution in [3.05, 3.63) is 29.8 Å². The summed E-state index contributed by atoms with van der Waals surface area (Å²) in [6, 6.07) is 4.50. The number of amides is 1. The summed E-state index contributed by atoms with van der Waals surface area (Å²) in [7, 11) is 0. The predicted molar refractivity (Wildman–Crippen MR) is 89.6 cm³/mol. The third-order valence-corrected chi connectivity index (χ3v) is 3.25. The quantitative estimate of drug-likeness (QED) is 0.677. The molecule has 0 radical (unpaired) electrons. The van der Waals surface area contributed by atoms with Crippen LogP contribution < -0.4 is 15.4 Å². The monoisotopic (exact) mass is 405 g/mol. The van der Waals surface area contributed by atoms with Crippen molar-refractivity contribution >= 4 is 23.5 Å². The maximum Gasteiger partial charge on any atom is 0.422 e. The molecule has 7 nitrogen and oxygen atoms in total. The van der Waals surface area contributed by atoms with Gasteiger partial charge in [0.2, 0.25) is 17.8 Å². The van der Waals surface area contributed by atoms with Crippen molar-refractivity contribution in [1.29, 1.82) is 0 Å². The fourth-order valence-corrected chi connectivity index (χ4v) is 1.99. The summed E-state index contributed by atoms with van der Waals surface area (Å²) in [5.74, 6) is -4.30. The van der Waals surface area contributed by atoms with Gasteiger partial charge in [0, 0.05) is 24.6 Å². The Balaban J connectivity index is 2.31. The van der Waals surface area contributed by atoms with Crippen LogP contribution in [0.15, 0.2) is 24.3 Å². The predicted octanol–water partition coefficient (Wildman–Crippen LogP) is 4.02. The molecule has 28 heavy (non-hydrogen) atoms. The van der Waals surface area contributed by atoms with Crippen molar-refractivity contribution in [2.45, 2.75) is 32.4 Å². The summed E-state index contributed by atoms with van der Waals surface area (Å²) in [6.07, 6.45) is -5.04. The Bertz CT molecular complexity index is 844. The van der Waals surface area contributed by atoms with Gasteiger partial charge in [-0.15, -0.1) is 0 Å². The molecule has 0 fully saturated rings. The van der Waals surface area contributed by atoms with E-state index in [9.17, 15) is 26.7 Å². The lowest BCUT2D eigenvalue weighted by Gasteiger charge is -2.16. The van der Waals surface area contributed by atoms with Crippen LogP contribution in [0.4, 0.5) is 39.5 Å². The van der Waals surface area contributed by atoms with Crippen molar-refractivity contribution < 1.29 is 31.5 Å². The Morgan fingerprint density at radius 3 is 2.39 bits per heavy atom. The van der Waals surface area contributed by atoms with Gasteiger partial charge in [-0.1, -0.05) is 19.1 Å². The largest absolute Gasteiger partial charge is 0.454 e. The molecule has 0 unspecified atom stereocenters. The van der Waals surface area contributed by atoms with Crippen LogP contribution in [0.5, 0.6) is 6.01 Å². The number of hydrogen-bond donors (Lipinski definition) is 2. The fourth-order valence-electron chi connectivity index (χ4n) is 1.99. The van der Waals surface area contributed by atoms with E-state index in [0.717, 1.165) is 13.0 Å². The summed E-state index contributed by atoms with van der Waals surface area (Å²) < 4.78 is 69.2. The number of carbonyl (C=O) groups excluding carboxylic acids is 1. The zero-order valence-corrected chi connectivity index (χ0v) is 14.8. The van der Waals surface area contributed by atoms with Gasteiger partial charge >= 0.3 is 12.2 Å². The van der Waals surface area contributed by atoms with Gasteiger partial charge in [-0.25, -0.2) is 8.78 Å². The van der Waals surface area contributed by atoms with Crippen LogP contribution in [-0.2, 0) is 10.7 Å². The number of rotatable bonds is 7. The molecule has 2 rings (SSSR count). The van der Waals surface area contributed by atoms with E-state index in [4.69, 9.17) is 0 Å². The Morgan fingerprint density at radius 1 is 1.11 bits per heavy atom. The minimum absolute atomic E-state index is 0.160. The van der Waals surface area contributed by atoms with Gasteiger partial charge < -0.3 is 10.1 Å². The molecule has 2 aromatic rings. The molecule has 12 heteroatoms. The van der Waals surface area contributed by atoms with E-state index < -0.39 is 37.0 Å². The highest BCUT2D eigenvalue weighted by molar-refractivity contribution is 5.86. The standard InChI is InChI=1S/C16H16F5N5O2/c1-3-15(17,18)10-5-4-6-11(7-10)23-13-24-12(22-9(2)27)25-14(26-13)28-8-16(19,20)21/h4-7H,3,8H2,1-2H3,(H2,22,23,24,25,26,27). The van der Waals surface area contributed by atoms with E-state index in [1.165, 1.54) is 25.1 Å². The zero-order chi connectivity index (χ0) is 20.9. The third kappa shape index (κ3) is 6.28. The Labute approximate surface area is 156 Å². The lowest BCUT2D eigenvalue weighted by atomic mass is 10.1. The molecule has 0 aliphatic heterocycles. The first kappa shape index (κ1) is 21.3. The maximum atomic E-state index is 13.8. The van der Waals surface area contributed by atoms with Crippen LogP contribution in [0.3, 0.4) is 0 Å². The van der Waals surface area contributed by atoms with Crippen LogP contribution in [0.1, 0.15) is 25.8 Å². The first-order valence-corrected chi connectivity index (χ1v) is 7.97. The highest BCUT2D eigenvalue weighted by Gasteiger charge is 2.30. The van der Waals surface area contributed by atoms with Crippen molar-refractivity contribution in [3.63, 3.8) is 0 Å². The number of ether oxygens (including phenoxy) is 1. The minimum Gasteiger partial charge on any atom is -0.454 e. The van der Waals surface area contributed by atoms with Crippen molar-refractivity contribution in [2.24, 2.45) is 0 Å². The summed E-state index contributed by atoms with van der Waals surface area (Å²) in [5.41, 5.74) is -0.0999. The average Bonchev–Trinajstić information content (AvgIpc) is 2.59. The minimum atomic E-state index is -4.63. The Kier molecular flexibility index (Phi) is 6.31. The number of aromatic nitrogens is 3. The molecule has 1 amide bonds. The lowest BCUT2D eigenvalue weighted by molar-refractivity contribution is -0.154. The Hall–Kier alpha value is -3.05. The third-order valence-electron chi connectivity index (χ3n) is 3.25. The second kappa shape index (κ2) is 8.31. The van der Waals surface area contributed by atoms with Crippen LogP contribution in [-0.4, -0.2) is 33.6 Å². The van der Waals surface area contributed by atoms with Crippen LogP contribution in [0.25, 0.3) is 0 Å². The van der Waals surface area contributed by atoms with E-state index in [2.05, 4.69) is 30.3 Å². The Morgan fingerprint density at radius 2 is 1.79 bits per heavy atom. The molecule has 0 bridgehead atoms. The molecule has 0 saturated heterocycles. The number of anilines is 3. The zero-order valence-electron chi connectivity index (χ0n) is 14.8. The van der Waals surface area contributed by atoms with Gasteiger partial charge in [0.25, 0.3) is 5.92 Å². The van der Waals surface area contributed by atoms with Crippen molar-refractivity contribution in [2.75, 3.05) is 17.2 Å². The van der Waals surface area contributed by atoms with Crippen molar-refractivity contribution in [1.82, 2.24) is 15.0 Å². The SMILES string of the molecule is CCC(F)(F)c1cccc(Nc2nc(NC(C)=O)nc(OCC(F)(F)F)n2)c1. The summed E-state index contributed by atoms with van der Waals surface area (Å²) >= 11 is 0. The van der Waals surface area contributed by atoms with Gasteiger partial charge in [0.05, 0.1) is 0 Å². The molecule has 0 aliphatic carbocycles. The number of benzene rings is 1. The van der Waals surface area contributed by atoms with E-state index in [1.54, 1.807) is 0 Å². The van der Waals surface area contributed by atoms with Crippen LogP contribution in [0.2, 0.25) is 0 Å². The smallest absolute Gasteiger partial charge is 0.422 e. The first-order valence-electron chi connectivity index (χ1n) is 7.97. The van der Waals surface area contributed by atoms with E-state index in [0.29, 0.717) is 0 Å². The molecular weight excluding hydrogens is 389 g/mol. The molecule has 0 aliphatic rings. The average molecular weight is 405 g/mol. The summed E-state index contributed by atoms with van der Waals surface area (Å²) in [6.45, 7) is 0.813. The second-order valence-electron chi connectivity index (χ2n) is 5.61. The number of nitrogens with one attached hydrogen (secondary N) is 2. The van der Waals surface area contributed by atoms with E-state index >= 15 is 0 Å². The fraction of sp³-hybridized carbons (Fsp3) is 0.375. The lowest BCUT2D eigenvalue weighted by Crippen LogP contribution is -2.21. The van der Waals surface area contributed by atoms with E-state index in [1.807, 2.05) is 0 Å². The molecule has 0 atom stereocenters. The first-order chi connectivity index (χ1) is 13.0. The molecule has 1 aromatic carbocycles. The highest BCUT2D eigenvalue weighted by atomic mass is 19.4. The molecule has 152 valence electrons. The summed E-state index contributed by atoms with van der Waals surface area (Å²) in [4.78, 5) is 22.2. The summed E-state index contributed by atoms with van der Waals surface area (Å²) in [5, 5.41) is 4.77. The van der Waals surface area contributed by atoms with Gasteiger partial charge in [-0.3, -0.25) is 10.1 Å². The second-order valence-corrected chi connectivity index (χ2v) is 5.61. The molecule has 1 heterocycles. The number of alkyl halides is 5. The topological polar surface area (TPSA) is 89.0 Å². The number of nitrogens with zero attached hydrogens (tertiary/aromatic N) is 3. The van der Waals surface area contributed by atoms with Gasteiger partial charge in [0.1, 0.15) is 0 Å². The normalized spacial score (nSPS) is 11.8. The molecular formula is C16H16F5N5O2. The molecule has 0 saturated carbocycles. The maximum absolute atomic E-state index is 13.8. The number of halogens is 5. The molecule has 2 N–H and O–H groups in total. The van der Waals surface area contributed by atoms with Crippen molar-refractivity contribution in [3.8, 4) is 6.01 Å². The van der Waals surface area contributed by atoms with Gasteiger partial charge in [0.15, 0.2) is 6.61 Å². The number of hydrogen-bond acceptors (Lipinski definition) is 6. The molecule has 0 spiro atoms. The number of carbonyl (C=O) groups is 1. The van der Waals surface area contributed by atoms with Gasteiger partial charge in [-0.2, -0.15) is 28.1 Å². The van der Waals surface area contributed by atoms with Crippen LogP contribution in [0, 0.1) is 0 Å². The van der Waals surface area contributed by atoms with Crippen LogP contribution >= 0.6 is 0 Å². The van der Waals surface area contributed by atoms with Gasteiger partial charge in [-0.05, 0) is 12.1 Å².